The number of nitrogens with zero attached hydrogens (tertiary/aromatic N) is 2. The van der Waals surface area contributed by atoms with E-state index in [2.05, 4.69) is 35.3 Å². The number of hydrogen-bond donors (Lipinski definition) is 1. The molecule has 2 aliphatic heterocycles. The fraction of sp³-hybridized carbons (Fsp3) is 0.812. The van der Waals surface area contributed by atoms with Crippen LogP contribution in [0.15, 0.2) is 10.6 Å². The third-order valence-corrected chi connectivity index (χ3v) is 4.50. The lowest BCUT2D eigenvalue weighted by Crippen LogP contribution is -2.55. The van der Waals surface area contributed by atoms with E-state index in [0.29, 0.717) is 5.92 Å². The fourth-order valence-corrected chi connectivity index (χ4v) is 3.30. The molecule has 5 nitrogen and oxygen atoms in total. The summed E-state index contributed by atoms with van der Waals surface area (Å²) in [7, 11) is 0. The Balaban J connectivity index is 1.49. The average Bonchev–Trinajstić information content (AvgIpc) is 2.89. The highest BCUT2D eigenvalue weighted by atomic mass is 16.5. The van der Waals surface area contributed by atoms with Gasteiger partial charge in [-0.1, -0.05) is 19.0 Å². The third kappa shape index (κ3) is 3.84. The molecule has 0 aliphatic carbocycles. The molecular formula is C16H27N3O2. The zero-order valence-corrected chi connectivity index (χ0v) is 13.2. The van der Waals surface area contributed by atoms with Crippen molar-refractivity contribution in [1.82, 2.24) is 15.4 Å². The Hall–Kier alpha value is -0.910. The van der Waals surface area contributed by atoms with Crippen LogP contribution in [0.1, 0.15) is 38.1 Å². The van der Waals surface area contributed by atoms with Gasteiger partial charge < -0.3 is 14.6 Å². The average molecular weight is 293 g/mol. The zero-order valence-electron chi connectivity index (χ0n) is 13.2. The molecule has 118 valence electrons. The van der Waals surface area contributed by atoms with Crippen LogP contribution in [0.3, 0.4) is 0 Å². The normalized spacial score (nSPS) is 23.0. The molecule has 0 bridgehead atoms. The van der Waals surface area contributed by atoms with E-state index in [9.17, 15) is 0 Å². The maximum absolute atomic E-state index is 6.03. The molecule has 1 aromatic heterocycles. The van der Waals surface area contributed by atoms with Crippen molar-refractivity contribution in [3.05, 3.63) is 17.5 Å². The fourth-order valence-electron chi connectivity index (χ4n) is 3.30. The Labute approximate surface area is 127 Å². The molecular weight excluding hydrogens is 266 g/mol. The SMILES string of the molecule is CC(C)Cc1cc(CN2CCC3(CC2)CNCCO3)no1. The van der Waals surface area contributed by atoms with Crippen LogP contribution in [0, 0.1) is 5.92 Å². The highest BCUT2D eigenvalue weighted by molar-refractivity contribution is 5.06. The van der Waals surface area contributed by atoms with E-state index in [1.54, 1.807) is 0 Å². The third-order valence-electron chi connectivity index (χ3n) is 4.50. The second kappa shape index (κ2) is 6.46. The van der Waals surface area contributed by atoms with Gasteiger partial charge in [-0.25, -0.2) is 0 Å². The minimum absolute atomic E-state index is 0.0847. The van der Waals surface area contributed by atoms with Crippen molar-refractivity contribution in [1.29, 1.82) is 0 Å². The molecule has 3 heterocycles. The molecule has 2 fully saturated rings. The number of piperidine rings is 1. The predicted molar refractivity (Wildman–Crippen MR) is 81.1 cm³/mol. The van der Waals surface area contributed by atoms with Crippen molar-refractivity contribution in [2.24, 2.45) is 5.92 Å². The van der Waals surface area contributed by atoms with Crippen LogP contribution < -0.4 is 5.32 Å². The van der Waals surface area contributed by atoms with Gasteiger partial charge in [0.25, 0.3) is 0 Å². The van der Waals surface area contributed by atoms with E-state index in [1.165, 1.54) is 0 Å². The molecule has 1 N–H and O–H groups in total. The highest BCUT2D eigenvalue weighted by Gasteiger charge is 2.36. The summed E-state index contributed by atoms with van der Waals surface area (Å²) in [6.07, 6.45) is 3.18. The monoisotopic (exact) mass is 293 g/mol. The van der Waals surface area contributed by atoms with Crippen LogP contribution in [0.4, 0.5) is 0 Å². The van der Waals surface area contributed by atoms with Gasteiger partial charge in [-0.15, -0.1) is 0 Å². The summed E-state index contributed by atoms with van der Waals surface area (Å²) in [4.78, 5) is 2.46. The predicted octanol–water partition coefficient (Wildman–Crippen LogP) is 1.83. The maximum atomic E-state index is 6.03. The quantitative estimate of drug-likeness (QED) is 0.918. The summed E-state index contributed by atoms with van der Waals surface area (Å²) in [6.45, 7) is 10.3. The van der Waals surface area contributed by atoms with Crippen LogP contribution in [0.2, 0.25) is 0 Å². The van der Waals surface area contributed by atoms with Crippen LogP contribution in [0.5, 0.6) is 0 Å². The van der Waals surface area contributed by atoms with Crippen molar-refractivity contribution in [2.45, 2.75) is 45.3 Å². The van der Waals surface area contributed by atoms with E-state index >= 15 is 0 Å². The van der Waals surface area contributed by atoms with Gasteiger partial charge in [-0.3, -0.25) is 4.90 Å². The number of ether oxygens (including phenoxy) is 1. The second-order valence-corrected chi connectivity index (χ2v) is 6.87. The van der Waals surface area contributed by atoms with Crippen molar-refractivity contribution < 1.29 is 9.26 Å². The molecule has 1 aromatic rings. The summed E-state index contributed by atoms with van der Waals surface area (Å²) in [6, 6.07) is 2.11. The Bertz CT molecular complexity index is 442. The smallest absolute Gasteiger partial charge is 0.137 e. The van der Waals surface area contributed by atoms with Crippen molar-refractivity contribution in [2.75, 3.05) is 32.8 Å². The molecule has 1 spiro atoms. The largest absolute Gasteiger partial charge is 0.372 e. The zero-order chi connectivity index (χ0) is 14.7. The lowest BCUT2D eigenvalue weighted by atomic mass is 9.90. The molecule has 3 rings (SSSR count). The Morgan fingerprint density at radius 2 is 2.19 bits per heavy atom. The molecule has 0 saturated carbocycles. The highest BCUT2D eigenvalue weighted by Crippen LogP contribution is 2.28. The van der Waals surface area contributed by atoms with E-state index in [-0.39, 0.29) is 5.60 Å². The van der Waals surface area contributed by atoms with Crippen molar-refractivity contribution in [3.63, 3.8) is 0 Å². The first kappa shape index (κ1) is 15.0. The van der Waals surface area contributed by atoms with Crippen LogP contribution >= 0.6 is 0 Å². The minimum Gasteiger partial charge on any atom is -0.372 e. The number of hydrogen-bond acceptors (Lipinski definition) is 5. The van der Waals surface area contributed by atoms with Gasteiger partial charge in [0, 0.05) is 45.2 Å². The molecule has 21 heavy (non-hydrogen) atoms. The van der Waals surface area contributed by atoms with E-state index in [4.69, 9.17) is 9.26 Å². The minimum atomic E-state index is 0.0847. The van der Waals surface area contributed by atoms with E-state index < -0.39 is 0 Å². The topological polar surface area (TPSA) is 50.5 Å². The molecule has 0 radical (unpaired) electrons. The Kier molecular flexibility index (Phi) is 4.62. The van der Waals surface area contributed by atoms with Gasteiger partial charge in [0.15, 0.2) is 0 Å². The molecule has 0 amide bonds. The van der Waals surface area contributed by atoms with Gasteiger partial charge in [0.05, 0.1) is 17.9 Å². The van der Waals surface area contributed by atoms with Crippen LogP contribution in [-0.2, 0) is 17.7 Å². The molecule has 0 aromatic carbocycles. The van der Waals surface area contributed by atoms with E-state index in [0.717, 1.165) is 70.0 Å². The number of nitrogens with one attached hydrogen (secondary N) is 1. The Morgan fingerprint density at radius 3 is 2.86 bits per heavy atom. The van der Waals surface area contributed by atoms with E-state index in [1.807, 2.05) is 0 Å². The molecule has 5 heteroatoms. The summed E-state index contributed by atoms with van der Waals surface area (Å²) in [5, 5.41) is 7.67. The lowest BCUT2D eigenvalue weighted by molar-refractivity contribution is -0.101. The van der Waals surface area contributed by atoms with Crippen LogP contribution in [0.25, 0.3) is 0 Å². The second-order valence-electron chi connectivity index (χ2n) is 6.87. The maximum Gasteiger partial charge on any atom is 0.137 e. The summed E-state index contributed by atoms with van der Waals surface area (Å²) in [5.41, 5.74) is 1.14. The van der Waals surface area contributed by atoms with Gasteiger partial charge in [0.2, 0.25) is 0 Å². The van der Waals surface area contributed by atoms with Gasteiger partial charge in [-0.2, -0.15) is 0 Å². The molecule has 0 unspecified atom stereocenters. The van der Waals surface area contributed by atoms with Gasteiger partial charge >= 0.3 is 0 Å². The number of aromatic nitrogens is 1. The van der Waals surface area contributed by atoms with Crippen molar-refractivity contribution >= 4 is 0 Å². The summed E-state index contributed by atoms with van der Waals surface area (Å²) < 4.78 is 11.4. The molecule has 2 saturated heterocycles. The first-order valence-electron chi connectivity index (χ1n) is 8.17. The lowest BCUT2D eigenvalue weighted by Gasteiger charge is -2.43. The molecule has 0 atom stereocenters. The summed E-state index contributed by atoms with van der Waals surface area (Å²) in [5.74, 6) is 1.62. The first-order chi connectivity index (χ1) is 10.2. The summed E-state index contributed by atoms with van der Waals surface area (Å²) >= 11 is 0. The Morgan fingerprint density at radius 1 is 1.38 bits per heavy atom. The standard InChI is InChI=1S/C16H27N3O2/c1-13(2)9-15-10-14(18-21-15)11-19-6-3-16(4-7-19)12-17-5-8-20-16/h10,13,17H,3-9,11-12H2,1-2H3. The number of likely N-dealkylation sites (tertiary alicyclic amines) is 1. The van der Waals surface area contributed by atoms with Crippen LogP contribution in [-0.4, -0.2) is 48.4 Å². The van der Waals surface area contributed by atoms with Crippen molar-refractivity contribution in [3.8, 4) is 0 Å². The number of rotatable bonds is 4. The first-order valence-corrected chi connectivity index (χ1v) is 8.17. The molecule has 2 aliphatic rings. The number of morpholine rings is 1. The van der Waals surface area contributed by atoms with Gasteiger partial charge in [-0.05, 0) is 18.8 Å². The van der Waals surface area contributed by atoms with Gasteiger partial charge in [0.1, 0.15) is 5.76 Å².